The minimum Gasteiger partial charge on any atom is -0.348 e. The fourth-order valence-corrected chi connectivity index (χ4v) is 1.70. The van der Waals surface area contributed by atoms with Gasteiger partial charge in [0.25, 0.3) is 0 Å². The molecule has 1 aromatic heterocycles. The van der Waals surface area contributed by atoms with E-state index in [2.05, 4.69) is 0 Å². The van der Waals surface area contributed by atoms with Crippen LogP contribution in [0.3, 0.4) is 0 Å². The number of hydrogen-bond donors (Lipinski definition) is 0. The second-order valence-electron chi connectivity index (χ2n) is 3.45. The maximum absolute atomic E-state index is 13.3. The van der Waals surface area contributed by atoms with E-state index in [0.717, 1.165) is 5.69 Å². The van der Waals surface area contributed by atoms with Crippen LogP contribution in [0, 0.1) is 6.92 Å². The highest BCUT2D eigenvalue weighted by Gasteiger charge is 2.23. The molecule has 0 aliphatic heterocycles. The van der Waals surface area contributed by atoms with Gasteiger partial charge in [0.15, 0.2) is 0 Å². The van der Waals surface area contributed by atoms with Crippen molar-refractivity contribution in [3.05, 3.63) is 28.8 Å². The predicted octanol–water partition coefficient (Wildman–Crippen LogP) is 3.06. The van der Waals surface area contributed by atoms with Crippen molar-refractivity contribution in [1.29, 1.82) is 0 Å². The highest BCUT2D eigenvalue weighted by molar-refractivity contribution is 5.57. The second kappa shape index (κ2) is 2.69. The zero-order valence-corrected chi connectivity index (χ0v) is 7.64. The molecule has 2 rings (SSSR count). The molecule has 0 fully saturated rings. The Morgan fingerprint density at radius 3 is 2.92 bits per heavy atom. The summed E-state index contributed by atoms with van der Waals surface area (Å²) in [6, 6.07) is 1.78. The van der Waals surface area contributed by atoms with Crippen LogP contribution in [0.15, 0.2) is 11.9 Å². The Bertz CT molecular complexity index is 377. The van der Waals surface area contributed by atoms with Gasteiger partial charge in [-0.1, -0.05) is 0 Å². The molecule has 1 aliphatic rings. The van der Waals surface area contributed by atoms with Crippen LogP contribution in [0.2, 0.25) is 0 Å². The van der Waals surface area contributed by atoms with Gasteiger partial charge < -0.3 is 4.57 Å². The average molecular weight is 183 g/mol. The molecule has 1 atom stereocenters. The molecule has 0 bridgehead atoms. The molecule has 1 aromatic rings. The number of hydrogen-bond acceptors (Lipinski definition) is 0. The summed E-state index contributed by atoms with van der Waals surface area (Å²) in [5, 5.41) is 0. The van der Waals surface area contributed by atoms with Gasteiger partial charge in [-0.25, -0.2) is 8.78 Å². The van der Waals surface area contributed by atoms with Crippen molar-refractivity contribution in [3.63, 3.8) is 0 Å². The molecule has 0 spiro atoms. The lowest BCUT2D eigenvalue weighted by molar-refractivity contribution is 0.318. The monoisotopic (exact) mass is 183 g/mol. The van der Waals surface area contributed by atoms with Crippen LogP contribution in [0.5, 0.6) is 0 Å². The molecule has 70 valence electrons. The SMILES string of the molecule is Cc1cc2c(n1C)C=C(F)CC2F. The number of aryl methyl sites for hydroxylation is 1. The van der Waals surface area contributed by atoms with E-state index in [1.165, 1.54) is 6.08 Å². The van der Waals surface area contributed by atoms with Crippen molar-refractivity contribution in [2.75, 3.05) is 0 Å². The van der Waals surface area contributed by atoms with Crippen molar-refractivity contribution >= 4 is 6.08 Å². The number of aromatic nitrogens is 1. The van der Waals surface area contributed by atoms with Gasteiger partial charge in [-0.2, -0.15) is 0 Å². The van der Waals surface area contributed by atoms with Crippen LogP contribution in [0.4, 0.5) is 8.78 Å². The van der Waals surface area contributed by atoms with Gasteiger partial charge in [-0.05, 0) is 19.1 Å². The highest BCUT2D eigenvalue weighted by atomic mass is 19.1. The van der Waals surface area contributed by atoms with E-state index in [-0.39, 0.29) is 12.2 Å². The first-order valence-corrected chi connectivity index (χ1v) is 4.26. The van der Waals surface area contributed by atoms with E-state index < -0.39 is 6.17 Å². The van der Waals surface area contributed by atoms with Gasteiger partial charge in [-0.3, -0.25) is 0 Å². The van der Waals surface area contributed by atoms with Crippen LogP contribution < -0.4 is 0 Å². The third-order valence-corrected chi connectivity index (χ3v) is 2.56. The molecule has 0 N–H and O–H groups in total. The summed E-state index contributed by atoms with van der Waals surface area (Å²) in [6.07, 6.45) is 0.120. The molecule has 1 unspecified atom stereocenters. The topological polar surface area (TPSA) is 4.93 Å². The molecular weight excluding hydrogens is 172 g/mol. The first-order valence-electron chi connectivity index (χ1n) is 4.26. The third kappa shape index (κ3) is 1.19. The van der Waals surface area contributed by atoms with E-state index in [1.807, 2.05) is 14.0 Å². The van der Waals surface area contributed by atoms with Gasteiger partial charge in [-0.15, -0.1) is 0 Å². The first kappa shape index (κ1) is 8.48. The van der Waals surface area contributed by atoms with Gasteiger partial charge in [0, 0.05) is 30.4 Å². The summed E-state index contributed by atoms with van der Waals surface area (Å²) in [5.74, 6) is -0.374. The van der Waals surface area contributed by atoms with Gasteiger partial charge in [0.2, 0.25) is 0 Å². The Labute approximate surface area is 75.7 Å². The minimum absolute atomic E-state index is 0.115. The van der Waals surface area contributed by atoms with Crippen LogP contribution >= 0.6 is 0 Å². The Hall–Kier alpha value is -1.12. The standard InChI is InChI=1S/C10H11F2N/c1-6-3-8-9(12)4-7(11)5-10(8)13(6)2/h3,5,9H,4H2,1-2H3. The third-order valence-electron chi connectivity index (χ3n) is 2.56. The lowest BCUT2D eigenvalue weighted by Crippen LogP contribution is -2.02. The van der Waals surface area contributed by atoms with Gasteiger partial charge >= 0.3 is 0 Å². The van der Waals surface area contributed by atoms with Crippen molar-refractivity contribution in [3.8, 4) is 0 Å². The van der Waals surface area contributed by atoms with Gasteiger partial charge in [0.1, 0.15) is 12.0 Å². The quantitative estimate of drug-likeness (QED) is 0.582. The van der Waals surface area contributed by atoms with Crippen LogP contribution in [-0.2, 0) is 7.05 Å². The lowest BCUT2D eigenvalue weighted by atomic mass is 10.0. The van der Waals surface area contributed by atoms with E-state index in [0.29, 0.717) is 11.3 Å². The number of alkyl halides is 1. The molecule has 3 heteroatoms. The van der Waals surface area contributed by atoms with Crippen molar-refractivity contribution in [2.45, 2.75) is 19.5 Å². The van der Waals surface area contributed by atoms with Crippen molar-refractivity contribution < 1.29 is 8.78 Å². The van der Waals surface area contributed by atoms with E-state index >= 15 is 0 Å². The summed E-state index contributed by atoms with van der Waals surface area (Å²) >= 11 is 0. The molecule has 1 nitrogen and oxygen atoms in total. The van der Waals surface area contributed by atoms with Crippen LogP contribution in [0.25, 0.3) is 6.08 Å². The van der Waals surface area contributed by atoms with Gasteiger partial charge in [0.05, 0.1) is 0 Å². The average Bonchev–Trinajstić information content (AvgIpc) is 2.32. The fourth-order valence-electron chi connectivity index (χ4n) is 1.70. The number of nitrogens with zero attached hydrogens (tertiary/aromatic N) is 1. The molecule has 13 heavy (non-hydrogen) atoms. The Balaban J connectivity index is 2.62. The lowest BCUT2D eigenvalue weighted by Gasteiger charge is -2.13. The first-order chi connectivity index (χ1) is 6.09. The fraction of sp³-hybridized carbons (Fsp3) is 0.400. The molecule has 0 radical (unpaired) electrons. The van der Waals surface area contributed by atoms with E-state index in [9.17, 15) is 8.78 Å². The maximum atomic E-state index is 13.3. The van der Waals surface area contributed by atoms with E-state index in [4.69, 9.17) is 0 Å². The summed E-state index contributed by atoms with van der Waals surface area (Å²) in [6.45, 7) is 1.89. The smallest absolute Gasteiger partial charge is 0.133 e. The number of allylic oxidation sites excluding steroid dienone is 1. The number of halogens is 2. The zero-order chi connectivity index (χ0) is 9.59. The molecule has 0 saturated heterocycles. The Morgan fingerprint density at radius 1 is 1.54 bits per heavy atom. The van der Waals surface area contributed by atoms with Crippen LogP contribution in [-0.4, -0.2) is 4.57 Å². The van der Waals surface area contributed by atoms with Crippen LogP contribution in [0.1, 0.15) is 29.5 Å². The Morgan fingerprint density at radius 2 is 2.23 bits per heavy atom. The Kier molecular flexibility index (Phi) is 1.75. The maximum Gasteiger partial charge on any atom is 0.133 e. The van der Waals surface area contributed by atoms with Crippen molar-refractivity contribution in [1.82, 2.24) is 4.57 Å². The number of rotatable bonds is 0. The molecule has 1 heterocycles. The molecular formula is C10H11F2N. The summed E-state index contributed by atoms with van der Waals surface area (Å²) in [5.41, 5.74) is 2.23. The summed E-state index contributed by atoms with van der Waals surface area (Å²) < 4.78 is 28.0. The second-order valence-corrected chi connectivity index (χ2v) is 3.45. The van der Waals surface area contributed by atoms with E-state index in [1.54, 1.807) is 10.6 Å². The largest absolute Gasteiger partial charge is 0.348 e. The normalized spacial score (nSPS) is 21.2. The number of fused-ring (bicyclic) bond motifs is 1. The zero-order valence-electron chi connectivity index (χ0n) is 7.64. The summed E-state index contributed by atoms with van der Waals surface area (Å²) in [4.78, 5) is 0. The molecule has 1 aliphatic carbocycles. The molecule has 0 amide bonds. The molecule has 0 saturated carbocycles. The molecule has 0 aromatic carbocycles. The minimum atomic E-state index is -1.18. The summed E-state index contributed by atoms with van der Waals surface area (Å²) in [7, 11) is 1.82. The predicted molar refractivity (Wildman–Crippen MR) is 47.7 cm³/mol. The highest BCUT2D eigenvalue weighted by Crippen LogP contribution is 2.36. The van der Waals surface area contributed by atoms with Crippen molar-refractivity contribution in [2.24, 2.45) is 7.05 Å².